The molecule has 0 aromatic carbocycles. The summed E-state index contributed by atoms with van der Waals surface area (Å²) in [5.41, 5.74) is 0.604. The minimum atomic E-state index is 0.604. The summed E-state index contributed by atoms with van der Waals surface area (Å²) in [5, 5.41) is 3.72. The zero-order valence-electron chi connectivity index (χ0n) is 8.40. The molecule has 1 heterocycles. The minimum absolute atomic E-state index is 0.604. The average Bonchev–Trinajstić information content (AvgIpc) is 2.02. The molecule has 1 atom stereocenters. The molecule has 1 saturated carbocycles. The summed E-state index contributed by atoms with van der Waals surface area (Å²) in [6.07, 6.45) is 7.19. The lowest BCUT2D eigenvalue weighted by Gasteiger charge is -2.49. The molecule has 1 aliphatic heterocycles. The van der Waals surface area contributed by atoms with Crippen molar-refractivity contribution in [3.8, 4) is 0 Å². The van der Waals surface area contributed by atoms with Gasteiger partial charge in [-0.25, -0.2) is 0 Å². The van der Waals surface area contributed by atoms with Gasteiger partial charge in [0.2, 0.25) is 0 Å². The van der Waals surface area contributed by atoms with Crippen LogP contribution in [0.4, 0.5) is 0 Å². The van der Waals surface area contributed by atoms with Crippen LogP contribution in [-0.4, -0.2) is 12.1 Å². The maximum Gasteiger partial charge on any atom is 0.0184 e. The zero-order chi connectivity index (χ0) is 8.60. The van der Waals surface area contributed by atoms with Crippen molar-refractivity contribution in [1.82, 2.24) is 5.32 Å². The third-order valence-corrected chi connectivity index (χ3v) is 3.92. The Hall–Kier alpha value is -0.0400. The monoisotopic (exact) mass is 167 g/mol. The van der Waals surface area contributed by atoms with Crippen molar-refractivity contribution in [2.75, 3.05) is 6.54 Å². The second kappa shape index (κ2) is 3.02. The van der Waals surface area contributed by atoms with Gasteiger partial charge in [-0.15, -0.1) is 0 Å². The van der Waals surface area contributed by atoms with Crippen molar-refractivity contribution < 1.29 is 0 Å². The molecule has 0 radical (unpaired) electrons. The molecule has 2 aliphatic rings. The predicted molar refractivity (Wildman–Crippen MR) is 52.1 cm³/mol. The third kappa shape index (κ3) is 1.39. The molecule has 0 unspecified atom stereocenters. The van der Waals surface area contributed by atoms with E-state index in [-0.39, 0.29) is 0 Å². The van der Waals surface area contributed by atoms with E-state index in [1.54, 1.807) is 0 Å². The van der Waals surface area contributed by atoms with Crippen LogP contribution in [0.5, 0.6) is 0 Å². The third-order valence-electron chi connectivity index (χ3n) is 3.92. The Morgan fingerprint density at radius 2 is 2.08 bits per heavy atom. The number of hydrogen-bond donors (Lipinski definition) is 1. The van der Waals surface area contributed by atoms with Gasteiger partial charge in [0.25, 0.3) is 0 Å². The Kier molecular flexibility index (Phi) is 2.16. The SMILES string of the molecule is CC(C)[C@@H]1CCNC2(CCC2)C1. The van der Waals surface area contributed by atoms with Crippen LogP contribution in [0.1, 0.15) is 46.0 Å². The Morgan fingerprint density at radius 3 is 2.58 bits per heavy atom. The lowest BCUT2D eigenvalue weighted by molar-refractivity contribution is 0.0883. The van der Waals surface area contributed by atoms with Crippen LogP contribution in [0.3, 0.4) is 0 Å². The zero-order valence-corrected chi connectivity index (χ0v) is 8.40. The molecule has 0 bridgehead atoms. The molecular weight excluding hydrogens is 146 g/mol. The maximum absolute atomic E-state index is 3.72. The summed E-state index contributed by atoms with van der Waals surface area (Å²) in [4.78, 5) is 0. The van der Waals surface area contributed by atoms with Gasteiger partial charge in [-0.3, -0.25) is 0 Å². The highest BCUT2D eigenvalue weighted by Gasteiger charge is 2.41. The molecule has 0 amide bonds. The highest BCUT2D eigenvalue weighted by atomic mass is 15.0. The van der Waals surface area contributed by atoms with Gasteiger partial charge in [-0.1, -0.05) is 13.8 Å². The van der Waals surface area contributed by atoms with E-state index in [1.807, 2.05) is 0 Å². The average molecular weight is 167 g/mol. The van der Waals surface area contributed by atoms with Gasteiger partial charge in [0.05, 0.1) is 0 Å². The molecule has 1 aliphatic carbocycles. The second-order valence-electron chi connectivity index (χ2n) is 5.06. The van der Waals surface area contributed by atoms with Crippen molar-refractivity contribution in [1.29, 1.82) is 0 Å². The Bertz CT molecular complexity index is 158. The summed E-state index contributed by atoms with van der Waals surface area (Å²) in [6, 6.07) is 0. The van der Waals surface area contributed by atoms with Gasteiger partial charge in [-0.2, -0.15) is 0 Å². The topological polar surface area (TPSA) is 12.0 Å². The first kappa shape index (κ1) is 8.55. The van der Waals surface area contributed by atoms with E-state index in [2.05, 4.69) is 19.2 Å². The summed E-state index contributed by atoms with van der Waals surface area (Å²) in [7, 11) is 0. The van der Waals surface area contributed by atoms with E-state index < -0.39 is 0 Å². The van der Waals surface area contributed by atoms with E-state index in [0.717, 1.165) is 11.8 Å². The van der Waals surface area contributed by atoms with E-state index in [4.69, 9.17) is 0 Å². The van der Waals surface area contributed by atoms with Gasteiger partial charge < -0.3 is 5.32 Å². The molecule has 12 heavy (non-hydrogen) atoms. The van der Waals surface area contributed by atoms with Crippen molar-refractivity contribution in [2.24, 2.45) is 11.8 Å². The van der Waals surface area contributed by atoms with Crippen molar-refractivity contribution >= 4 is 0 Å². The number of piperidine rings is 1. The number of rotatable bonds is 1. The first-order valence-electron chi connectivity index (χ1n) is 5.47. The second-order valence-corrected chi connectivity index (χ2v) is 5.06. The van der Waals surface area contributed by atoms with E-state index in [0.29, 0.717) is 5.54 Å². The van der Waals surface area contributed by atoms with Crippen LogP contribution < -0.4 is 5.32 Å². The molecule has 2 rings (SSSR count). The predicted octanol–water partition coefficient (Wildman–Crippen LogP) is 2.56. The molecule has 1 spiro atoms. The smallest absolute Gasteiger partial charge is 0.0184 e. The van der Waals surface area contributed by atoms with Gasteiger partial charge in [0.1, 0.15) is 0 Å². The Morgan fingerprint density at radius 1 is 1.33 bits per heavy atom. The van der Waals surface area contributed by atoms with Gasteiger partial charge in [0, 0.05) is 5.54 Å². The largest absolute Gasteiger partial charge is 0.311 e. The van der Waals surface area contributed by atoms with Crippen LogP contribution in [0.15, 0.2) is 0 Å². The van der Waals surface area contributed by atoms with Crippen LogP contribution >= 0.6 is 0 Å². The Balaban J connectivity index is 1.94. The summed E-state index contributed by atoms with van der Waals surface area (Å²) in [6.45, 7) is 6.02. The fourth-order valence-electron chi connectivity index (χ4n) is 2.75. The molecule has 1 N–H and O–H groups in total. The van der Waals surface area contributed by atoms with Crippen molar-refractivity contribution in [3.05, 3.63) is 0 Å². The van der Waals surface area contributed by atoms with E-state index in [1.165, 1.54) is 38.6 Å². The standard InChI is InChI=1S/C11H21N/c1-9(2)10-4-7-12-11(8-10)5-3-6-11/h9-10,12H,3-8H2,1-2H3/t10-/m1/s1. The highest BCUT2D eigenvalue weighted by molar-refractivity contribution is 5.00. The van der Waals surface area contributed by atoms with Gasteiger partial charge in [-0.05, 0) is 50.5 Å². The van der Waals surface area contributed by atoms with E-state index in [9.17, 15) is 0 Å². The summed E-state index contributed by atoms with van der Waals surface area (Å²) < 4.78 is 0. The molecule has 1 saturated heterocycles. The quantitative estimate of drug-likeness (QED) is 0.633. The summed E-state index contributed by atoms with van der Waals surface area (Å²) in [5.74, 6) is 1.89. The van der Waals surface area contributed by atoms with Gasteiger partial charge in [0.15, 0.2) is 0 Å². The molecule has 0 aromatic heterocycles. The lowest BCUT2D eigenvalue weighted by Crippen LogP contribution is -2.56. The molecular formula is C11H21N. The van der Waals surface area contributed by atoms with Crippen molar-refractivity contribution in [2.45, 2.75) is 51.5 Å². The molecule has 1 heteroatoms. The van der Waals surface area contributed by atoms with Crippen LogP contribution in [0.2, 0.25) is 0 Å². The number of hydrogen-bond acceptors (Lipinski definition) is 1. The lowest BCUT2D eigenvalue weighted by atomic mass is 9.66. The fourth-order valence-corrected chi connectivity index (χ4v) is 2.75. The van der Waals surface area contributed by atoms with Gasteiger partial charge >= 0.3 is 0 Å². The Labute approximate surface area is 75.9 Å². The molecule has 1 nitrogen and oxygen atoms in total. The highest BCUT2D eigenvalue weighted by Crippen LogP contribution is 2.42. The fraction of sp³-hybridized carbons (Fsp3) is 1.00. The van der Waals surface area contributed by atoms with Crippen molar-refractivity contribution in [3.63, 3.8) is 0 Å². The molecule has 70 valence electrons. The maximum atomic E-state index is 3.72. The number of nitrogens with one attached hydrogen (secondary N) is 1. The molecule has 2 fully saturated rings. The normalized spacial score (nSPS) is 33.8. The van der Waals surface area contributed by atoms with Crippen LogP contribution in [-0.2, 0) is 0 Å². The summed E-state index contributed by atoms with van der Waals surface area (Å²) >= 11 is 0. The van der Waals surface area contributed by atoms with Crippen LogP contribution in [0.25, 0.3) is 0 Å². The minimum Gasteiger partial charge on any atom is -0.311 e. The van der Waals surface area contributed by atoms with Crippen LogP contribution in [0, 0.1) is 11.8 Å². The first-order chi connectivity index (χ1) is 5.72. The first-order valence-corrected chi connectivity index (χ1v) is 5.47. The van der Waals surface area contributed by atoms with E-state index >= 15 is 0 Å². The molecule has 0 aromatic rings.